The van der Waals surface area contributed by atoms with Crippen molar-refractivity contribution in [2.45, 2.75) is 19.4 Å². The van der Waals surface area contributed by atoms with E-state index in [0.717, 1.165) is 50.1 Å². The van der Waals surface area contributed by atoms with Crippen LogP contribution in [0.25, 0.3) is 11.3 Å². The summed E-state index contributed by atoms with van der Waals surface area (Å²) in [5, 5.41) is 3.53. The van der Waals surface area contributed by atoms with E-state index in [0.29, 0.717) is 5.41 Å². The number of rotatable bonds is 3. The highest BCUT2D eigenvalue weighted by atomic mass is 16.5. The van der Waals surface area contributed by atoms with Gasteiger partial charge in [0.05, 0.1) is 12.3 Å². The predicted octanol–water partition coefficient (Wildman–Crippen LogP) is 2.94. The predicted molar refractivity (Wildman–Crippen MR) is 104 cm³/mol. The van der Waals surface area contributed by atoms with Crippen LogP contribution in [0.1, 0.15) is 18.4 Å². The van der Waals surface area contributed by atoms with Gasteiger partial charge in [-0.3, -0.25) is 9.98 Å². The highest BCUT2D eigenvalue weighted by molar-refractivity contribution is 5.80. The van der Waals surface area contributed by atoms with E-state index in [2.05, 4.69) is 44.5 Å². The molecule has 5 nitrogen and oxygen atoms in total. The van der Waals surface area contributed by atoms with E-state index in [1.807, 2.05) is 31.4 Å². The molecule has 136 valence electrons. The summed E-state index contributed by atoms with van der Waals surface area (Å²) in [5.41, 5.74) is 3.72. The third-order valence-corrected chi connectivity index (χ3v) is 5.47. The van der Waals surface area contributed by atoms with Crippen molar-refractivity contribution in [2.24, 2.45) is 10.4 Å². The quantitative estimate of drug-likeness (QED) is 0.683. The van der Waals surface area contributed by atoms with Gasteiger partial charge in [0.25, 0.3) is 0 Å². The summed E-state index contributed by atoms with van der Waals surface area (Å²) in [5.74, 6) is 0.983. The van der Waals surface area contributed by atoms with E-state index < -0.39 is 0 Å². The molecule has 2 aromatic rings. The highest BCUT2D eigenvalue weighted by Gasteiger charge is 2.42. The van der Waals surface area contributed by atoms with E-state index in [-0.39, 0.29) is 0 Å². The van der Waals surface area contributed by atoms with E-state index in [1.165, 1.54) is 18.4 Å². The van der Waals surface area contributed by atoms with Crippen molar-refractivity contribution in [3.63, 3.8) is 0 Å². The minimum atomic E-state index is 0.344. The number of nitrogens with one attached hydrogen (secondary N) is 1. The average molecular weight is 350 g/mol. The van der Waals surface area contributed by atoms with Gasteiger partial charge in [-0.1, -0.05) is 24.3 Å². The van der Waals surface area contributed by atoms with Crippen molar-refractivity contribution in [1.82, 2.24) is 15.2 Å². The summed E-state index contributed by atoms with van der Waals surface area (Å²) in [4.78, 5) is 11.3. The van der Waals surface area contributed by atoms with Crippen molar-refractivity contribution in [1.29, 1.82) is 0 Å². The molecule has 2 aliphatic heterocycles. The SMILES string of the molecule is CN=C(NCc1cccc(-c2ccccn2)c1)N1CCC2(CCOC2)C1. The standard InChI is InChI=1S/C21H26N4O/c1-22-20(25-11-8-21(15-25)9-12-26-16-21)24-14-17-5-4-6-18(13-17)19-7-2-3-10-23-19/h2-7,10,13H,8-9,11-12,14-16H2,1H3,(H,22,24). The number of guanidine groups is 1. The molecule has 3 heterocycles. The van der Waals surface area contributed by atoms with Crippen LogP contribution in [0.3, 0.4) is 0 Å². The Morgan fingerprint density at radius 1 is 1.27 bits per heavy atom. The third kappa shape index (κ3) is 3.58. The Labute approximate surface area is 155 Å². The van der Waals surface area contributed by atoms with Crippen LogP contribution in [-0.2, 0) is 11.3 Å². The number of ether oxygens (including phenoxy) is 1. The molecule has 4 rings (SSSR count). The van der Waals surface area contributed by atoms with Gasteiger partial charge in [-0.2, -0.15) is 0 Å². The molecule has 2 fully saturated rings. The van der Waals surface area contributed by atoms with Crippen LogP contribution >= 0.6 is 0 Å². The molecular weight excluding hydrogens is 324 g/mol. The van der Waals surface area contributed by atoms with Crippen LogP contribution in [-0.4, -0.2) is 49.2 Å². The molecule has 26 heavy (non-hydrogen) atoms. The minimum Gasteiger partial charge on any atom is -0.381 e. The van der Waals surface area contributed by atoms with Crippen LogP contribution < -0.4 is 5.32 Å². The summed E-state index contributed by atoms with van der Waals surface area (Å²) in [6, 6.07) is 14.5. The Hall–Kier alpha value is -2.40. The maximum Gasteiger partial charge on any atom is 0.193 e. The number of aliphatic imine (C=N–C) groups is 1. The fourth-order valence-electron chi connectivity index (χ4n) is 3.97. The normalized spacial score (nSPS) is 23.0. The summed E-state index contributed by atoms with van der Waals surface area (Å²) < 4.78 is 5.64. The number of hydrogen-bond donors (Lipinski definition) is 1. The molecular formula is C21H26N4O. The lowest BCUT2D eigenvalue weighted by molar-refractivity contribution is 0.156. The highest BCUT2D eigenvalue weighted by Crippen LogP contribution is 2.38. The second-order valence-corrected chi connectivity index (χ2v) is 7.29. The van der Waals surface area contributed by atoms with E-state index in [9.17, 15) is 0 Å². The van der Waals surface area contributed by atoms with Crippen LogP contribution in [0.5, 0.6) is 0 Å². The van der Waals surface area contributed by atoms with Crippen molar-refractivity contribution in [2.75, 3.05) is 33.4 Å². The van der Waals surface area contributed by atoms with Gasteiger partial charge in [0.2, 0.25) is 0 Å². The zero-order valence-electron chi connectivity index (χ0n) is 15.3. The van der Waals surface area contributed by atoms with Crippen molar-refractivity contribution < 1.29 is 4.74 Å². The van der Waals surface area contributed by atoms with E-state index >= 15 is 0 Å². The molecule has 5 heteroatoms. The van der Waals surface area contributed by atoms with Gasteiger partial charge in [-0.05, 0) is 36.6 Å². The lowest BCUT2D eigenvalue weighted by Crippen LogP contribution is -2.41. The monoisotopic (exact) mass is 350 g/mol. The number of pyridine rings is 1. The Kier molecular flexibility index (Phi) is 4.89. The van der Waals surface area contributed by atoms with Gasteiger partial charge in [0.15, 0.2) is 5.96 Å². The van der Waals surface area contributed by atoms with Gasteiger partial charge < -0.3 is 15.0 Å². The van der Waals surface area contributed by atoms with Gasteiger partial charge in [0, 0.05) is 50.5 Å². The summed E-state index contributed by atoms with van der Waals surface area (Å²) in [7, 11) is 1.86. The van der Waals surface area contributed by atoms with E-state index in [4.69, 9.17) is 4.74 Å². The second-order valence-electron chi connectivity index (χ2n) is 7.29. The number of likely N-dealkylation sites (tertiary alicyclic amines) is 1. The van der Waals surface area contributed by atoms with Gasteiger partial charge in [0.1, 0.15) is 0 Å². The minimum absolute atomic E-state index is 0.344. The number of hydrogen-bond acceptors (Lipinski definition) is 3. The molecule has 0 saturated carbocycles. The molecule has 0 aliphatic carbocycles. The zero-order valence-corrected chi connectivity index (χ0v) is 15.3. The third-order valence-electron chi connectivity index (χ3n) is 5.47. The summed E-state index contributed by atoms with van der Waals surface area (Å²) in [6.45, 7) is 4.65. The maximum atomic E-state index is 5.64. The van der Waals surface area contributed by atoms with Crippen LogP contribution in [0.4, 0.5) is 0 Å². The smallest absolute Gasteiger partial charge is 0.193 e. The van der Waals surface area contributed by atoms with Crippen molar-refractivity contribution >= 4 is 5.96 Å². The first-order chi connectivity index (χ1) is 12.8. The maximum absolute atomic E-state index is 5.64. The van der Waals surface area contributed by atoms with Crippen molar-refractivity contribution in [3.8, 4) is 11.3 Å². The molecule has 0 radical (unpaired) electrons. The Balaban J connectivity index is 1.40. The number of aromatic nitrogens is 1. The first kappa shape index (κ1) is 17.0. The Morgan fingerprint density at radius 2 is 2.23 bits per heavy atom. The zero-order chi connectivity index (χ0) is 17.8. The van der Waals surface area contributed by atoms with Crippen LogP contribution in [0.2, 0.25) is 0 Å². The van der Waals surface area contributed by atoms with Crippen LogP contribution in [0, 0.1) is 5.41 Å². The average Bonchev–Trinajstić information content (AvgIpc) is 3.33. The molecule has 1 aromatic heterocycles. The van der Waals surface area contributed by atoms with Gasteiger partial charge in [-0.25, -0.2) is 0 Å². The lowest BCUT2D eigenvalue weighted by Gasteiger charge is -2.25. The molecule has 1 N–H and O–H groups in total. The number of nitrogens with zero attached hydrogens (tertiary/aromatic N) is 3. The largest absolute Gasteiger partial charge is 0.381 e. The Bertz CT molecular complexity index is 769. The molecule has 0 amide bonds. The topological polar surface area (TPSA) is 49.8 Å². The van der Waals surface area contributed by atoms with E-state index in [1.54, 1.807) is 0 Å². The van der Waals surface area contributed by atoms with Gasteiger partial charge >= 0.3 is 0 Å². The second kappa shape index (κ2) is 7.46. The molecule has 0 bridgehead atoms. The summed E-state index contributed by atoms with van der Waals surface area (Å²) in [6.07, 6.45) is 4.20. The molecule has 1 spiro atoms. The fourth-order valence-corrected chi connectivity index (χ4v) is 3.97. The first-order valence-electron chi connectivity index (χ1n) is 9.32. The molecule has 2 aliphatic rings. The molecule has 1 atom stereocenters. The molecule has 2 saturated heterocycles. The number of benzene rings is 1. The van der Waals surface area contributed by atoms with Gasteiger partial charge in [-0.15, -0.1) is 0 Å². The molecule has 1 unspecified atom stereocenters. The Morgan fingerprint density at radius 3 is 3.00 bits per heavy atom. The fraction of sp³-hybridized carbons (Fsp3) is 0.429. The van der Waals surface area contributed by atoms with Crippen molar-refractivity contribution in [3.05, 3.63) is 54.2 Å². The lowest BCUT2D eigenvalue weighted by atomic mass is 9.87. The first-order valence-corrected chi connectivity index (χ1v) is 9.32. The van der Waals surface area contributed by atoms with Crippen LogP contribution in [0.15, 0.2) is 53.7 Å². The summed E-state index contributed by atoms with van der Waals surface area (Å²) >= 11 is 0. The molecule has 1 aromatic carbocycles.